The lowest BCUT2D eigenvalue weighted by molar-refractivity contribution is -0.139. The van der Waals surface area contributed by atoms with Crippen LogP contribution in [0.5, 0.6) is 0 Å². The number of hydrogen-bond acceptors (Lipinski definition) is 3. The van der Waals surface area contributed by atoms with E-state index in [1.165, 1.54) is 0 Å². The second-order valence-corrected chi connectivity index (χ2v) is 11.3. The van der Waals surface area contributed by atoms with Gasteiger partial charge in [-0.1, -0.05) is 90.5 Å². The molecule has 1 fully saturated rings. The molecule has 1 aromatic heterocycles. The van der Waals surface area contributed by atoms with Crippen LogP contribution in [0.4, 0.5) is 0 Å². The first-order valence-corrected chi connectivity index (χ1v) is 13.9. The minimum Gasteiger partial charge on any atom is -0.342 e. The van der Waals surface area contributed by atoms with E-state index in [-0.39, 0.29) is 23.7 Å². The molecule has 194 valence electrons. The van der Waals surface area contributed by atoms with Crippen LogP contribution in [-0.4, -0.2) is 27.6 Å². The third-order valence-electron chi connectivity index (χ3n) is 8.82. The Hall–Kier alpha value is -4.48. The van der Waals surface area contributed by atoms with Crippen LogP contribution in [0, 0.1) is 11.8 Å². The van der Waals surface area contributed by atoms with Crippen LogP contribution in [0.3, 0.4) is 0 Å². The number of carbonyl (C=O) groups is 2. The third-order valence-corrected chi connectivity index (χ3v) is 9.08. The van der Waals surface area contributed by atoms with E-state index in [9.17, 15) is 9.59 Å². The van der Waals surface area contributed by atoms with Gasteiger partial charge in [0.1, 0.15) is 0 Å². The Morgan fingerprint density at radius 3 is 1.80 bits per heavy atom. The fourth-order valence-electron chi connectivity index (χ4n) is 7.19. The monoisotopic (exact) mass is 541 g/mol. The van der Waals surface area contributed by atoms with Gasteiger partial charge in [0.05, 0.1) is 18.1 Å². The molecule has 4 aliphatic rings. The minimum atomic E-state index is -0.439. The van der Waals surface area contributed by atoms with E-state index in [1.807, 2.05) is 72.9 Å². The number of imide groups is 1. The molecule has 5 nitrogen and oxygen atoms in total. The maximum absolute atomic E-state index is 13.9. The summed E-state index contributed by atoms with van der Waals surface area (Å²) in [5, 5.41) is 7.41. The number of aromatic nitrogens is 1. The summed E-state index contributed by atoms with van der Waals surface area (Å²) in [4.78, 5) is 27.8. The fraction of sp³-hybridized carbons (Fsp3) is 0.147. The topological polar surface area (TPSA) is 54.7 Å². The highest BCUT2D eigenvalue weighted by molar-refractivity contribution is 6.30. The van der Waals surface area contributed by atoms with Crippen molar-refractivity contribution in [3.8, 4) is 0 Å². The highest BCUT2D eigenvalue weighted by atomic mass is 35.5. The summed E-state index contributed by atoms with van der Waals surface area (Å²) in [5.74, 6) is -1.58. The number of fused-ring (bicyclic) bond motifs is 1. The zero-order chi connectivity index (χ0) is 27.0. The summed E-state index contributed by atoms with van der Waals surface area (Å²) in [7, 11) is 0. The Morgan fingerprint density at radius 2 is 1.23 bits per heavy atom. The summed E-state index contributed by atoms with van der Waals surface area (Å²) in [6, 6.07) is 32.4. The van der Waals surface area contributed by atoms with Gasteiger partial charge in [-0.05, 0) is 46.0 Å². The van der Waals surface area contributed by atoms with Crippen molar-refractivity contribution in [3.63, 3.8) is 0 Å². The van der Waals surface area contributed by atoms with E-state index in [0.29, 0.717) is 11.6 Å². The van der Waals surface area contributed by atoms with Crippen molar-refractivity contribution < 1.29 is 9.59 Å². The average molecular weight is 542 g/mol. The summed E-state index contributed by atoms with van der Waals surface area (Å²) in [6.45, 7) is 0.664. The predicted molar refractivity (Wildman–Crippen MR) is 155 cm³/mol. The summed E-state index contributed by atoms with van der Waals surface area (Å²) in [5.41, 5.74) is 7.66. The fourth-order valence-corrected chi connectivity index (χ4v) is 7.32. The third kappa shape index (κ3) is 3.31. The van der Waals surface area contributed by atoms with E-state index in [1.54, 1.807) is 6.21 Å². The molecule has 0 saturated carbocycles. The van der Waals surface area contributed by atoms with E-state index in [4.69, 9.17) is 11.6 Å². The van der Waals surface area contributed by atoms with Gasteiger partial charge in [0.25, 0.3) is 11.8 Å². The molecule has 40 heavy (non-hydrogen) atoms. The van der Waals surface area contributed by atoms with Crippen molar-refractivity contribution in [2.24, 2.45) is 16.9 Å². The smallest absolute Gasteiger partial charge is 0.254 e. The number of hydrogen-bond donors (Lipinski definition) is 0. The van der Waals surface area contributed by atoms with Gasteiger partial charge in [-0.25, -0.2) is 0 Å². The Bertz CT molecular complexity index is 1760. The van der Waals surface area contributed by atoms with Gasteiger partial charge >= 0.3 is 0 Å². The van der Waals surface area contributed by atoms with Gasteiger partial charge in [0.2, 0.25) is 0 Å². The van der Waals surface area contributed by atoms with Crippen molar-refractivity contribution in [2.45, 2.75) is 18.4 Å². The van der Waals surface area contributed by atoms with Crippen LogP contribution in [0.25, 0.3) is 10.9 Å². The first-order chi connectivity index (χ1) is 19.6. The Labute approximate surface area is 236 Å². The van der Waals surface area contributed by atoms with Crippen molar-refractivity contribution in [3.05, 3.63) is 142 Å². The molecule has 2 bridgehead atoms. The molecule has 9 rings (SSSR count). The van der Waals surface area contributed by atoms with Crippen LogP contribution < -0.4 is 0 Å². The molecule has 2 heterocycles. The highest BCUT2D eigenvalue weighted by Gasteiger charge is 2.61. The zero-order valence-electron chi connectivity index (χ0n) is 21.4. The molecule has 0 unspecified atom stereocenters. The number of para-hydroxylation sites is 1. The Balaban J connectivity index is 1.16. The van der Waals surface area contributed by atoms with Gasteiger partial charge in [0, 0.05) is 46.1 Å². The molecule has 1 saturated heterocycles. The lowest BCUT2D eigenvalue weighted by Crippen LogP contribution is -2.41. The molecule has 3 aliphatic carbocycles. The number of hydrazone groups is 1. The average Bonchev–Trinajstić information content (AvgIpc) is 3.47. The van der Waals surface area contributed by atoms with Crippen molar-refractivity contribution >= 4 is 40.5 Å². The molecule has 4 aromatic carbocycles. The normalized spacial score (nSPS) is 22.7. The lowest BCUT2D eigenvalue weighted by atomic mass is 9.55. The molecule has 0 N–H and O–H groups in total. The summed E-state index contributed by atoms with van der Waals surface area (Å²) >= 11 is 6.08. The van der Waals surface area contributed by atoms with E-state index in [2.05, 4.69) is 40.0 Å². The molecule has 0 radical (unpaired) electrons. The van der Waals surface area contributed by atoms with Crippen LogP contribution >= 0.6 is 11.6 Å². The zero-order valence-corrected chi connectivity index (χ0v) is 22.2. The molecule has 0 spiro atoms. The Morgan fingerprint density at radius 1 is 0.700 bits per heavy atom. The van der Waals surface area contributed by atoms with Gasteiger partial charge in [-0.2, -0.15) is 10.1 Å². The van der Waals surface area contributed by atoms with Crippen LogP contribution in [0.15, 0.2) is 108 Å². The summed E-state index contributed by atoms with van der Waals surface area (Å²) < 4.78 is 2.15. The molecule has 2 amide bonds. The maximum atomic E-state index is 13.9. The van der Waals surface area contributed by atoms with Gasteiger partial charge < -0.3 is 4.57 Å². The SMILES string of the molecule is O=C1[C@@H]2C3c4ccccc4C(c4ccccc43)[C@@H]2C(=O)N1/N=C\c1cn(Cc2ccc(Cl)cc2)c2ccccc12. The van der Waals surface area contributed by atoms with Gasteiger partial charge in [-0.15, -0.1) is 0 Å². The van der Waals surface area contributed by atoms with Crippen molar-refractivity contribution in [1.29, 1.82) is 0 Å². The van der Waals surface area contributed by atoms with E-state index in [0.717, 1.165) is 49.3 Å². The second-order valence-electron chi connectivity index (χ2n) is 10.9. The first kappa shape index (κ1) is 23.4. The van der Waals surface area contributed by atoms with Crippen LogP contribution in [0.1, 0.15) is 45.2 Å². The molecule has 6 heteroatoms. The number of benzene rings is 4. The summed E-state index contributed by atoms with van der Waals surface area (Å²) in [6.07, 6.45) is 3.69. The molecular weight excluding hydrogens is 518 g/mol. The standard InChI is InChI=1S/C34H24ClN3O2/c35-22-15-13-20(14-16-22)18-37-19-21(23-7-5-6-12-28(23)37)17-36-38-33(39)31-29-24-8-1-2-9-25(24)30(32(31)34(38)40)27-11-4-3-10-26(27)29/h1-17,19,29-32H,18H2/b36-17-/t29?,30?,31-,32+. The maximum Gasteiger partial charge on any atom is 0.254 e. The number of rotatable bonds is 4. The Kier molecular flexibility index (Phi) is 5.13. The van der Waals surface area contributed by atoms with Gasteiger partial charge in [0.15, 0.2) is 0 Å². The number of nitrogens with zero attached hydrogens (tertiary/aromatic N) is 3. The predicted octanol–water partition coefficient (Wildman–Crippen LogP) is 6.57. The molecule has 1 aliphatic heterocycles. The first-order valence-electron chi connectivity index (χ1n) is 13.5. The van der Waals surface area contributed by atoms with E-state index >= 15 is 0 Å². The number of halogens is 1. The van der Waals surface area contributed by atoms with Crippen molar-refractivity contribution in [2.75, 3.05) is 0 Å². The molecule has 2 atom stereocenters. The highest BCUT2D eigenvalue weighted by Crippen LogP contribution is 2.60. The second kappa shape index (κ2) is 8.77. The van der Waals surface area contributed by atoms with Crippen LogP contribution in [0.2, 0.25) is 5.02 Å². The van der Waals surface area contributed by atoms with Crippen LogP contribution in [-0.2, 0) is 16.1 Å². The van der Waals surface area contributed by atoms with E-state index < -0.39 is 11.8 Å². The van der Waals surface area contributed by atoms with Gasteiger partial charge in [-0.3, -0.25) is 9.59 Å². The van der Waals surface area contributed by atoms with Crippen molar-refractivity contribution in [1.82, 2.24) is 9.58 Å². The number of carbonyl (C=O) groups excluding carboxylic acids is 2. The quantitative estimate of drug-likeness (QED) is 0.191. The largest absolute Gasteiger partial charge is 0.342 e. The molecule has 5 aromatic rings. The number of amides is 2. The lowest BCUT2D eigenvalue weighted by Gasteiger charge is -2.45. The molecular formula is C34H24ClN3O2. The minimum absolute atomic E-state index is 0.139.